The Labute approximate surface area is 174 Å². The predicted molar refractivity (Wildman–Crippen MR) is 114 cm³/mol. The molecular weight excluding hydrogens is 384 g/mol. The number of carbonyl (C=O) groups is 1. The van der Waals surface area contributed by atoms with E-state index in [0.717, 1.165) is 16.9 Å². The number of hydrogen-bond donors (Lipinski definition) is 1. The van der Waals surface area contributed by atoms with Crippen LogP contribution in [0.25, 0.3) is 5.69 Å². The molecule has 2 aromatic carbocycles. The maximum absolute atomic E-state index is 12.5. The molecule has 8 heteroatoms. The number of nitrogens with zero attached hydrogens (tertiary/aromatic N) is 3. The van der Waals surface area contributed by atoms with E-state index < -0.39 is 10.8 Å². The summed E-state index contributed by atoms with van der Waals surface area (Å²) in [4.78, 5) is 23.2. The van der Waals surface area contributed by atoms with Crippen LogP contribution < -0.4 is 10.1 Å². The molecular formula is C22H24N4O4. The molecule has 0 bridgehead atoms. The average molecular weight is 408 g/mol. The van der Waals surface area contributed by atoms with E-state index in [1.165, 1.54) is 12.1 Å². The van der Waals surface area contributed by atoms with Gasteiger partial charge in [0, 0.05) is 17.5 Å². The standard InChI is InChI=1S/C22H24N4O4/c1-15-10-11-17(26(28)29)18(12-15)30-14-21(27)23-20-13-19(22(2,3)4)24-25(20)16-8-6-5-7-9-16/h5-13H,14H2,1-4H3,(H,23,27). The fourth-order valence-electron chi connectivity index (χ4n) is 2.81. The largest absolute Gasteiger partial charge is 0.477 e. The molecule has 0 atom stereocenters. The number of carbonyl (C=O) groups excluding carboxylic acids is 1. The van der Waals surface area contributed by atoms with Crippen LogP contribution in [0.5, 0.6) is 5.75 Å². The predicted octanol–water partition coefficient (Wildman–Crippen LogP) is 4.40. The van der Waals surface area contributed by atoms with E-state index >= 15 is 0 Å². The van der Waals surface area contributed by atoms with Gasteiger partial charge in [0.15, 0.2) is 12.4 Å². The molecule has 0 radical (unpaired) electrons. The number of amides is 1. The summed E-state index contributed by atoms with van der Waals surface area (Å²) in [5.41, 5.74) is 2.03. The van der Waals surface area contributed by atoms with Gasteiger partial charge in [-0.15, -0.1) is 0 Å². The lowest BCUT2D eigenvalue weighted by atomic mass is 9.92. The lowest BCUT2D eigenvalue weighted by Crippen LogP contribution is -2.22. The van der Waals surface area contributed by atoms with Crippen molar-refractivity contribution < 1.29 is 14.5 Å². The molecule has 1 heterocycles. The molecule has 1 amide bonds. The first-order chi connectivity index (χ1) is 14.1. The summed E-state index contributed by atoms with van der Waals surface area (Å²) in [6.45, 7) is 7.54. The Bertz CT molecular complexity index is 1070. The average Bonchev–Trinajstić information content (AvgIpc) is 3.11. The third-order valence-electron chi connectivity index (χ3n) is 4.42. The minimum absolute atomic E-state index is 0.0575. The molecule has 30 heavy (non-hydrogen) atoms. The molecule has 0 aliphatic carbocycles. The summed E-state index contributed by atoms with van der Waals surface area (Å²) < 4.78 is 7.11. The van der Waals surface area contributed by atoms with Gasteiger partial charge in [-0.05, 0) is 30.7 Å². The molecule has 0 aliphatic rings. The van der Waals surface area contributed by atoms with Gasteiger partial charge >= 0.3 is 5.69 Å². The van der Waals surface area contributed by atoms with Gasteiger partial charge in [-0.3, -0.25) is 14.9 Å². The van der Waals surface area contributed by atoms with Crippen LogP contribution >= 0.6 is 0 Å². The molecule has 0 unspecified atom stereocenters. The summed E-state index contributed by atoms with van der Waals surface area (Å²) in [6.07, 6.45) is 0. The van der Waals surface area contributed by atoms with E-state index in [-0.39, 0.29) is 23.5 Å². The van der Waals surface area contributed by atoms with E-state index in [2.05, 4.69) is 10.4 Å². The van der Waals surface area contributed by atoms with Crippen molar-refractivity contribution in [1.82, 2.24) is 9.78 Å². The van der Waals surface area contributed by atoms with E-state index in [9.17, 15) is 14.9 Å². The van der Waals surface area contributed by atoms with Crippen LogP contribution in [0, 0.1) is 17.0 Å². The van der Waals surface area contributed by atoms with E-state index in [1.807, 2.05) is 57.2 Å². The highest BCUT2D eigenvalue weighted by Crippen LogP contribution is 2.28. The molecule has 0 spiro atoms. The lowest BCUT2D eigenvalue weighted by Gasteiger charge is -2.14. The topological polar surface area (TPSA) is 99.3 Å². The molecule has 8 nitrogen and oxygen atoms in total. The molecule has 1 N–H and O–H groups in total. The number of hydrogen-bond acceptors (Lipinski definition) is 5. The first-order valence-corrected chi connectivity index (χ1v) is 9.49. The molecule has 0 aliphatic heterocycles. The number of aryl methyl sites for hydroxylation is 1. The second-order valence-corrected chi connectivity index (χ2v) is 7.98. The molecule has 156 valence electrons. The van der Waals surface area contributed by atoms with Crippen LogP contribution in [0.1, 0.15) is 32.0 Å². The number of aromatic nitrogens is 2. The smallest absolute Gasteiger partial charge is 0.310 e. The van der Waals surface area contributed by atoms with Crippen molar-refractivity contribution in [3.63, 3.8) is 0 Å². The van der Waals surface area contributed by atoms with Crippen molar-refractivity contribution in [2.45, 2.75) is 33.1 Å². The van der Waals surface area contributed by atoms with E-state index in [4.69, 9.17) is 4.74 Å². The zero-order valence-corrected chi connectivity index (χ0v) is 17.4. The fraction of sp³-hybridized carbons (Fsp3) is 0.273. The Morgan fingerprint density at radius 1 is 1.17 bits per heavy atom. The van der Waals surface area contributed by atoms with Crippen LogP contribution in [-0.4, -0.2) is 27.2 Å². The van der Waals surface area contributed by atoms with Gasteiger partial charge in [0.25, 0.3) is 5.91 Å². The van der Waals surface area contributed by atoms with Crippen LogP contribution in [0.2, 0.25) is 0 Å². The van der Waals surface area contributed by atoms with Crippen molar-refractivity contribution in [3.05, 3.63) is 76.0 Å². The molecule has 1 aromatic heterocycles. The van der Waals surface area contributed by atoms with Crippen molar-refractivity contribution >= 4 is 17.4 Å². The Hall–Kier alpha value is -3.68. The number of ether oxygens (including phenoxy) is 1. The van der Waals surface area contributed by atoms with Crippen LogP contribution in [0.4, 0.5) is 11.5 Å². The van der Waals surface area contributed by atoms with Gasteiger partial charge in [0.1, 0.15) is 5.82 Å². The number of rotatable bonds is 6. The maximum atomic E-state index is 12.5. The highest BCUT2D eigenvalue weighted by molar-refractivity contribution is 5.91. The number of nitrogens with one attached hydrogen (secondary N) is 1. The van der Waals surface area contributed by atoms with Crippen LogP contribution in [-0.2, 0) is 10.2 Å². The zero-order valence-electron chi connectivity index (χ0n) is 17.4. The molecule has 0 saturated heterocycles. The van der Waals surface area contributed by atoms with Gasteiger partial charge in [0.2, 0.25) is 0 Å². The quantitative estimate of drug-likeness (QED) is 0.481. The third kappa shape index (κ3) is 4.83. The highest BCUT2D eigenvalue weighted by atomic mass is 16.6. The van der Waals surface area contributed by atoms with E-state index in [1.54, 1.807) is 17.7 Å². The number of nitro benzene ring substituents is 1. The van der Waals surface area contributed by atoms with Crippen molar-refractivity contribution in [2.24, 2.45) is 0 Å². The van der Waals surface area contributed by atoms with E-state index in [0.29, 0.717) is 5.82 Å². The van der Waals surface area contributed by atoms with Gasteiger partial charge in [-0.2, -0.15) is 5.10 Å². The molecule has 0 saturated carbocycles. The normalized spacial score (nSPS) is 11.2. The monoisotopic (exact) mass is 408 g/mol. The Kier molecular flexibility index (Phi) is 5.86. The third-order valence-corrected chi connectivity index (χ3v) is 4.42. The molecule has 3 rings (SSSR count). The van der Waals surface area contributed by atoms with Gasteiger partial charge in [-0.25, -0.2) is 4.68 Å². The summed E-state index contributed by atoms with van der Waals surface area (Å²) >= 11 is 0. The summed E-state index contributed by atoms with van der Waals surface area (Å²) in [5, 5.41) is 18.6. The van der Waals surface area contributed by atoms with Crippen molar-refractivity contribution in [1.29, 1.82) is 0 Å². The summed E-state index contributed by atoms with van der Waals surface area (Å²) in [7, 11) is 0. The van der Waals surface area contributed by atoms with Crippen molar-refractivity contribution in [3.8, 4) is 11.4 Å². The van der Waals surface area contributed by atoms with Crippen molar-refractivity contribution in [2.75, 3.05) is 11.9 Å². The number of para-hydroxylation sites is 1. The Morgan fingerprint density at radius 3 is 2.50 bits per heavy atom. The number of nitro groups is 1. The maximum Gasteiger partial charge on any atom is 0.310 e. The Morgan fingerprint density at radius 2 is 1.87 bits per heavy atom. The number of benzene rings is 2. The van der Waals surface area contributed by atoms with Gasteiger partial charge in [0.05, 0.1) is 16.3 Å². The summed E-state index contributed by atoms with van der Waals surface area (Å²) in [6, 6.07) is 15.8. The first kappa shape index (κ1) is 21.0. The Balaban J connectivity index is 1.81. The number of anilines is 1. The molecule has 3 aromatic rings. The molecule has 0 fully saturated rings. The lowest BCUT2D eigenvalue weighted by molar-refractivity contribution is -0.385. The van der Waals surface area contributed by atoms with Gasteiger partial charge < -0.3 is 10.1 Å². The SMILES string of the molecule is Cc1ccc([N+](=O)[O-])c(OCC(=O)Nc2cc(C(C)(C)C)nn2-c2ccccc2)c1. The van der Waals surface area contributed by atoms with Crippen LogP contribution in [0.15, 0.2) is 54.6 Å². The highest BCUT2D eigenvalue weighted by Gasteiger charge is 2.22. The first-order valence-electron chi connectivity index (χ1n) is 9.49. The minimum atomic E-state index is -0.535. The minimum Gasteiger partial charge on any atom is -0.477 e. The van der Waals surface area contributed by atoms with Gasteiger partial charge in [-0.1, -0.05) is 45.0 Å². The zero-order chi connectivity index (χ0) is 21.9. The second-order valence-electron chi connectivity index (χ2n) is 7.98. The summed E-state index contributed by atoms with van der Waals surface area (Å²) in [5.74, 6) is 0.115. The fourth-order valence-corrected chi connectivity index (χ4v) is 2.81. The second kappa shape index (κ2) is 8.36. The van der Waals surface area contributed by atoms with Crippen LogP contribution in [0.3, 0.4) is 0 Å².